The Hall–Kier alpha value is -1.89. The van der Waals surface area contributed by atoms with Crippen molar-refractivity contribution in [2.75, 3.05) is 31.5 Å². The molecule has 2 heterocycles. The number of aromatic nitrogens is 2. The Kier molecular flexibility index (Phi) is 5.64. The first-order valence-electron chi connectivity index (χ1n) is 8.56. The Labute approximate surface area is 144 Å². The Morgan fingerprint density at radius 1 is 1.08 bits per heavy atom. The zero-order valence-corrected chi connectivity index (χ0v) is 15.6. The van der Waals surface area contributed by atoms with Crippen LogP contribution in [-0.4, -0.2) is 63.6 Å². The molecule has 134 valence electrons. The number of carbonyl (C=O) groups excluding carboxylic acids is 2. The summed E-state index contributed by atoms with van der Waals surface area (Å²) in [6.45, 7) is 12.4. The summed E-state index contributed by atoms with van der Waals surface area (Å²) in [5.41, 5.74) is 2.56. The molecule has 1 aromatic heterocycles. The average Bonchev–Trinajstić information content (AvgIpc) is 2.79. The highest BCUT2D eigenvalue weighted by Gasteiger charge is 2.28. The Morgan fingerprint density at radius 2 is 1.67 bits per heavy atom. The van der Waals surface area contributed by atoms with Gasteiger partial charge in [-0.15, -0.1) is 0 Å². The maximum Gasteiger partial charge on any atom is 0.241 e. The molecule has 7 heteroatoms. The standard InChI is InChI=1S/C17H29N5O2/c1-11(2)17(24)22-9-7-21(8-10-22)14(5)16(23)18-15-12(3)19-20(6)13(15)4/h11,14H,7-10H2,1-6H3,(H,18,23). The average molecular weight is 335 g/mol. The molecule has 1 aliphatic rings. The van der Waals surface area contributed by atoms with Gasteiger partial charge in [-0.1, -0.05) is 13.8 Å². The summed E-state index contributed by atoms with van der Waals surface area (Å²) in [4.78, 5) is 28.6. The van der Waals surface area contributed by atoms with Gasteiger partial charge in [-0.25, -0.2) is 0 Å². The molecule has 7 nitrogen and oxygen atoms in total. The van der Waals surface area contributed by atoms with Crippen molar-refractivity contribution in [2.24, 2.45) is 13.0 Å². The molecule has 1 N–H and O–H groups in total. The van der Waals surface area contributed by atoms with Gasteiger partial charge in [0.15, 0.2) is 0 Å². The molecule has 1 aliphatic heterocycles. The molecule has 0 spiro atoms. The van der Waals surface area contributed by atoms with Crippen LogP contribution in [0.5, 0.6) is 0 Å². The second kappa shape index (κ2) is 7.34. The first-order chi connectivity index (χ1) is 11.2. The highest BCUT2D eigenvalue weighted by Crippen LogP contribution is 2.19. The highest BCUT2D eigenvalue weighted by molar-refractivity contribution is 5.95. The smallest absolute Gasteiger partial charge is 0.241 e. The minimum absolute atomic E-state index is 0.0220. The first kappa shape index (κ1) is 18.4. The number of carbonyl (C=O) groups is 2. The van der Waals surface area contributed by atoms with Crippen LogP contribution in [0.2, 0.25) is 0 Å². The summed E-state index contributed by atoms with van der Waals surface area (Å²) in [5, 5.41) is 7.33. The number of hydrogen-bond donors (Lipinski definition) is 1. The van der Waals surface area contributed by atoms with Crippen LogP contribution in [0, 0.1) is 19.8 Å². The lowest BCUT2D eigenvalue weighted by atomic mass is 10.1. The van der Waals surface area contributed by atoms with Crippen LogP contribution in [-0.2, 0) is 16.6 Å². The van der Waals surface area contributed by atoms with E-state index in [1.165, 1.54) is 0 Å². The van der Waals surface area contributed by atoms with Crippen molar-refractivity contribution in [3.63, 3.8) is 0 Å². The number of hydrogen-bond acceptors (Lipinski definition) is 4. The molecular formula is C17H29N5O2. The van der Waals surface area contributed by atoms with Crippen LogP contribution in [0.3, 0.4) is 0 Å². The summed E-state index contributed by atoms with van der Waals surface area (Å²) in [5.74, 6) is 0.181. The molecule has 1 fully saturated rings. The number of piperazine rings is 1. The molecule has 0 aliphatic carbocycles. The lowest BCUT2D eigenvalue weighted by Crippen LogP contribution is -2.54. The molecule has 0 bridgehead atoms. The molecule has 0 aromatic carbocycles. The van der Waals surface area contributed by atoms with Gasteiger partial charge in [0.2, 0.25) is 11.8 Å². The largest absolute Gasteiger partial charge is 0.340 e. The van der Waals surface area contributed by atoms with Crippen molar-refractivity contribution >= 4 is 17.5 Å². The normalized spacial score (nSPS) is 17.2. The quantitative estimate of drug-likeness (QED) is 0.896. The van der Waals surface area contributed by atoms with E-state index in [0.29, 0.717) is 13.1 Å². The number of nitrogens with zero attached hydrogens (tertiary/aromatic N) is 4. The second-order valence-corrected chi connectivity index (χ2v) is 6.85. The number of nitrogens with one attached hydrogen (secondary N) is 1. The SMILES string of the molecule is Cc1nn(C)c(C)c1NC(=O)C(C)N1CCN(C(=O)C(C)C)CC1. The van der Waals surface area contributed by atoms with E-state index >= 15 is 0 Å². The lowest BCUT2D eigenvalue weighted by molar-refractivity contribution is -0.136. The molecule has 1 atom stereocenters. The van der Waals surface area contributed by atoms with E-state index in [9.17, 15) is 9.59 Å². The van der Waals surface area contributed by atoms with E-state index in [0.717, 1.165) is 30.2 Å². The third kappa shape index (κ3) is 3.77. The Bertz CT molecular complexity index is 615. The van der Waals surface area contributed by atoms with E-state index in [4.69, 9.17) is 0 Å². The van der Waals surface area contributed by atoms with Crippen LogP contribution in [0.15, 0.2) is 0 Å². The summed E-state index contributed by atoms with van der Waals surface area (Å²) in [7, 11) is 1.87. The minimum Gasteiger partial charge on any atom is -0.340 e. The minimum atomic E-state index is -0.236. The molecule has 2 amide bonds. The number of amides is 2. The van der Waals surface area contributed by atoms with Crippen LogP contribution >= 0.6 is 0 Å². The second-order valence-electron chi connectivity index (χ2n) is 6.85. The number of anilines is 1. The maximum atomic E-state index is 12.6. The molecule has 0 radical (unpaired) electrons. The number of aryl methyl sites for hydroxylation is 2. The summed E-state index contributed by atoms with van der Waals surface area (Å²) in [6, 6.07) is -0.236. The van der Waals surface area contributed by atoms with Crippen LogP contribution in [0.4, 0.5) is 5.69 Å². The van der Waals surface area contributed by atoms with Gasteiger partial charge in [0, 0.05) is 39.1 Å². The van der Waals surface area contributed by atoms with Gasteiger partial charge in [0.05, 0.1) is 23.1 Å². The summed E-state index contributed by atoms with van der Waals surface area (Å²) in [6.07, 6.45) is 0. The molecule has 1 unspecified atom stereocenters. The van der Waals surface area contributed by atoms with Gasteiger partial charge >= 0.3 is 0 Å². The molecule has 24 heavy (non-hydrogen) atoms. The van der Waals surface area contributed by atoms with E-state index < -0.39 is 0 Å². The number of rotatable bonds is 4. The monoisotopic (exact) mass is 335 g/mol. The first-order valence-corrected chi connectivity index (χ1v) is 8.56. The predicted molar refractivity (Wildman–Crippen MR) is 93.8 cm³/mol. The van der Waals surface area contributed by atoms with Crippen LogP contribution < -0.4 is 5.32 Å². The topological polar surface area (TPSA) is 70.5 Å². The highest BCUT2D eigenvalue weighted by atomic mass is 16.2. The fourth-order valence-corrected chi connectivity index (χ4v) is 3.04. The Balaban J connectivity index is 1.94. The summed E-state index contributed by atoms with van der Waals surface area (Å²) >= 11 is 0. The molecule has 0 saturated carbocycles. The van der Waals surface area contributed by atoms with Crippen molar-refractivity contribution < 1.29 is 9.59 Å². The third-order valence-corrected chi connectivity index (χ3v) is 4.80. The molecular weight excluding hydrogens is 306 g/mol. The predicted octanol–water partition coefficient (Wildman–Crippen LogP) is 1.16. The van der Waals surface area contributed by atoms with Gasteiger partial charge in [-0.2, -0.15) is 5.10 Å². The fourth-order valence-electron chi connectivity index (χ4n) is 3.04. The van der Waals surface area contributed by atoms with Gasteiger partial charge in [-0.05, 0) is 20.8 Å². The van der Waals surface area contributed by atoms with Crippen LogP contribution in [0.1, 0.15) is 32.2 Å². The van der Waals surface area contributed by atoms with Gasteiger partial charge in [0.1, 0.15) is 0 Å². The lowest BCUT2D eigenvalue weighted by Gasteiger charge is -2.38. The molecule has 1 saturated heterocycles. The van der Waals surface area contributed by atoms with E-state index in [2.05, 4.69) is 15.3 Å². The van der Waals surface area contributed by atoms with Gasteiger partial charge < -0.3 is 10.2 Å². The van der Waals surface area contributed by atoms with E-state index in [-0.39, 0.29) is 23.8 Å². The van der Waals surface area contributed by atoms with E-state index in [1.807, 2.05) is 46.6 Å². The zero-order chi connectivity index (χ0) is 18.0. The Morgan fingerprint density at radius 3 is 2.12 bits per heavy atom. The van der Waals surface area contributed by atoms with Crippen LogP contribution in [0.25, 0.3) is 0 Å². The maximum absolute atomic E-state index is 12.6. The van der Waals surface area contributed by atoms with Crippen molar-refractivity contribution in [3.8, 4) is 0 Å². The van der Waals surface area contributed by atoms with E-state index in [1.54, 1.807) is 4.68 Å². The third-order valence-electron chi connectivity index (χ3n) is 4.80. The summed E-state index contributed by atoms with van der Waals surface area (Å²) < 4.78 is 1.77. The van der Waals surface area contributed by atoms with Crippen molar-refractivity contribution in [1.29, 1.82) is 0 Å². The van der Waals surface area contributed by atoms with Gasteiger partial charge in [0.25, 0.3) is 0 Å². The van der Waals surface area contributed by atoms with Gasteiger partial charge in [-0.3, -0.25) is 19.2 Å². The molecule has 1 aromatic rings. The fraction of sp³-hybridized carbons (Fsp3) is 0.706. The zero-order valence-electron chi connectivity index (χ0n) is 15.6. The van der Waals surface area contributed by atoms with Crippen molar-refractivity contribution in [2.45, 2.75) is 40.7 Å². The van der Waals surface area contributed by atoms with Crippen molar-refractivity contribution in [1.82, 2.24) is 19.6 Å². The van der Waals surface area contributed by atoms with Crippen molar-refractivity contribution in [3.05, 3.63) is 11.4 Å². The molecule has 2 rings (SSSR count).